The van der Waals surface area contributed by atoms with E-state index in [0.29, 0.717) is 22.5 Å². The first-order valence-electron chi connectivity index (χ1n) is 7.90. The highest BCUT2D eigenvalue weighted by Gasteiger charge is 2.23. The van der Waals surface area contributed by atoms with Crippen LogP contribution >= 0.6 is 0 Å². The SMILES string of the molecule is NC(=O)Nc1cccc(C(=O)Nc2cccc(C(=O)NC3CC3)c2)c1. The first kappa shape index (κ1) is 16.5. The van der Waals surface area contributed by atoms with Gasteiger partial charge in [-0.3, -0.25) is 9.59 Å². The lowest BCUT2D eigenvalue weighted by atomic mass is 10.1. The Morgan fingerprint density at radius 2 is 1.40 bits per heavy atom. The number of primary amides is 1. The summed E-state index contributed by atoms with van der Waals surface area (Å²) >= 11 is 0. The van der Waals surface area contributed by atoms with Crippen LogP contribution in [0.1, 0.15) is 33.6 Å². The predicted molar refractivity (Wildman–Crippen MR) is 94.5 cm³/mol. The van der Waals surface area contributed by atoms with Gasteiger partial charge in [-0.05, 0) is 49.2 Å². The molecule has 0 radical (unpaired) electrons. The van der Waals surface area contributed by atoms with Crippen LogP contribution in [0.15, 0.2) is 48.5 Å². The van der Waals surface area contributed by atoms with Crippen LogP contribution in [0.2, 0.25) is 0 Å². The highest BCUT2D eigenvalue weighted by atomic mass is 16.2. The summed E-state index contributed by atoms with van der Waals surface area (Å²) in [6, 6.07) is 12.7. The van der Waals surface area contributed by atoms with Crippen molar-refractivity contribution < 1.29 is 14.4 Å². The quantitative estimate of drug-likeness (QED) is 0.671. The van der Waals surface area contributed by atoms with E-state index in [1.54, 1.807) is 42.5 Å². The lowest BCUT2D eigenvalue weighted by Crippen LogP contribution is -2.25. The summed E-state index contributed by atoms with van der Waals surface area (Å²) in [5, 5.41) is 8.06. The van der Waals surface area contributed by atoms with E-state index in [-0.39, 0.29) is 17.9 Å². The summed E-state index contributed by atoms with van der Waals surface area (Å²) in [5.41, 5.74) is 6.87. The molecule has 1 fully saturated rings. The standard InChI is InChI=1S/C18H18N4O3/c19-18(25)22-15-6-2-4-12(10-15)17(24)21-14-5-1-3-11(9-14)16(23)20-13-7-8-13/h1-6,9-10,13H,7-8H2,(H,20,23)(H,21,24)(H3,19,22,25). The molecule has 0 aromatic heterocycles. The zero-order valence-electron chi connectivity index (χ0n) is 13.4. The second-order valence-electron chi connectivity index (χ2n) is 5.85. The third kappa shape index (κ3) is 4.57. The smallest absolute Gasteiger partial charge is 0.316 e. The molecule has 128 valence electrons. The Hall–Kier alpha value is -3.35. The average molecular weight is 338 g/mol. The molecule has 2 aromatic rings. The predicted octanol–water partition coefficient (Wildman–Crippen LogP) is 2.32. The van der Waals surface area contributed by atoms with E-state index < -0.39 is 6.03 Å². The first-order chi connectivity index (χ1) is 12.0. The molecule has 1 aliphatic carbocycles. The molecular formula is C18H18N4O3. The van der Waals surface area contributed by atoms with Crippen molar-refractivity contribution in [3.63, 3.8) is 0 Å². The van der Waals surface area contributed by atoms with Crippen molar-refractivity contribution in [3.05, 3.63) is 59.7 Å². The number of rotatable bonds is 5. The lowest BCUT2D eigenvalue weighted by Gasteiger charge is -2.09. The molecule has 5 N–H and O–H groups in total. The summed E-state index contributed by atoms with van der Waals surface area (Å²) in [5.74, 6) is -0.501. The Labute approximate surface area is 144 Å². The Morgan fingerprint density at radius 1 is 0.840 bits per heavy atom. The average Bonchev–Trinajstić information content (AvgIpc) is 3.38. The van der Waals surface area contributed by atoms with Crippen molar-refractivity contribution in [1.29, 1.82) is 0 Å². The third-order valence-electron chi connectivity index (χ3n) is 3.69. The molecule has 2 aromatic carbocycles. The van der Waals surface area contributed by atoms with Gasteiger partial charge in [-0.15, -0.1) is 0 Å². The Kier molecular flexibility index (Phi) is 4.65. The molecular weight excluding hydrogens is 320 g/mol. The Morgan fingerprint density at radius 3 is 1.96 bits per heavy atom. The number of amides is 4. The van der Waals surface area contributed by atoms with Gasteiger partial charge in [0.25, 0.3) is 11.8 Å². The topological polar surface area (TPSA) is 113 Å². The van der Waals surface area contributed by atoms with Crippen LogP contribution in [0.3, 0.4) is 0 Å². The summed E-state index contributed by atoms with van der Waals surface area (Å²) in [4.78, 5) is 35.3. The van der Waals surface area contributed by atoms with Gasteiger partial charge in [0.15, 0.2) is 0 Å². The first-order valence-corrected chi connectivity index (χ1v) is 7.90. The van der Waals surface area contributed by atoms with Crippen molar-refractivity contribution >= 4 is 29.2 Å². The maximum Gasteiger partial charge on any atom is 0.316 e. The molecule has 4 amide bonds. The summed E-state index contributed by atoms with van der Waals surface area (Å²) in [6.07, 6.45) is 2.02. The Bertz CT molecular complexity index is 831. The van der Waals surface area contributed by atoms with Gasteiger partial charge in [0.2, 0.25) is 0 Å². The highest BCUT2D eigenvalue weighted by Crippen LogP contribution is 2.20. The number of carbonyl (C=O) groups excluding carboxylic acids is 3. The van der Waals surface area contributed by atoms with E-state index in [0.717, 1.165) is 12.8 Å². The van der Waals surface area contributed by atoms with Crippen LogP contribution < -0.4 is 21.7 Å². The van der Waals surface area contributed by atoms with Gasteiger partial charge in [-0.1, -0.05) is 12.1 Å². The molecule has 0 bridgehead atoms. The van der Waals surface area contributed by atoms with E-state index in [1.165, 1.54) is 6.07 Å². The molecule has 0 atom stereocenters. The minimum Gasteiger partial charge on any atom is -0.351 e. The molecule has 25 heavy (non-hydrogen) atoms. The number of carbonyl (C=O) groups is 3. The molecule has 0 saturated heterocycles. The van der Waals surface area contributed by atoms with Crippen LogP contribution in [0, 0.1) is 0 Å². The number of urea groups is 1. The van der Waals surface area contributed by atoms with Gasteiger partial charge in [0.1, 0.15) is 0 Å². The second-order valence-corrected chi connectivity index (χ2v) is 5.85. The molecule has 0 heterocycles. The lowest BCUT2D eigenvalue weighted by molar-refractivity contribution is 0.0949. The fourth-order valence-electron chi connectivity index (χ4n) is 2.32. The van der Waals surface area contributed by atoms with E-state index in [2.05, 4.69) is 16.0 Å². The van der Waals surface area contributed by atoms with Crippen LogP contribution in [-0.4, -0.2) is 23.9 Å². The molecule has 0 aliphatic heterocycles. The van der Waals surface area contributed by atoms with E-state index in [1.807, 2.05) is 0 Å². The van der Waals surface area contributed by atoms with Crippen LogP contribution in [0.5, 0.6) is 0 Å². The zero-order chi connectivity index (χ0) is 17.8. The van der Waals surface area contributed by atoms with E-state index in [4.69, 9.17) is 5.73 Å². The molecule has 0 unspecified atom stereocenters. The van der Waals surface area contributed by atoms with Crippen LogP contribution in [-0.2, 0) is 0 Å². The summed E-state index contributed by atoms with van der Waals surface area (Å²) < 4.78 is 0. The van der Waals surface area contributed by atoms with Gasteiger partial charge in [0, 0.05) is 28.5 Å². The number of hydrogen-bond donors (Lipinski definition) is 4. The fourth-order valence-corrected chi connectivity index (χ4v) is 2.32. The van der Waals surface area contributed by atoms with Gasteiger partial charge in [-0.2, -0.15) is 0 Å². The molecule has 3 rings (SSSR count). The molecule has 7 nitrogen and oxygen atoms in total. The highest BCUT2D eigenvalue weighted by molar-refractivity contribution is 6.06. The van der Waals surface area contributed by atoms with Crippen molar-refractivity contribution in [2.45, 2.75) is 18.9 Å². The van der Waals surface area contributed by atoms with Crippen molar-refractivity contribution in [2.24, 2.45) is 5.73 Å². The maximum absolute atomic E-state index is 12.4. The maximum atomic E-state index is 12.4. The normalized spacial score (nSPS) is 13.0. The number of benzene rings is 2. The van der Waals surface area contributed by atoms with Crippen molar-refractivity contribution in [2.75, 3.05) is 10.6 Å². The largest absolute Gasteiger partial charge is 0.351 e. The van der Waals surface area contributed by atoms with Gasteiger partial charge < -0.3 is 21.7 Å². The minimum atomic E-state index is -0.702. The van der Waals surface area contributed by atoms with Gasteiger partial charge in [0.05, 0.1) is 0 Å². The fraction of sp³-hybridized carbons (Fsp3) is 0.167. The van der Waals surface area contributed by atoms with Gasteiger partial charge in [-0.25, -0.2) is 4.79 Å². The molecule has 0 spiro atoms. The third-order valence-corrected chi connectivity index (χ3v) is 3.69. The van der Waals surface area contributed by atoms with Gasteiger partial charge >= 0.3 is 6.03 Å². The number of nitrogens with one attached hydrogen (secondary N) is 3. The number of anilines is 2. The monoisotopic (exact) mass is 338 g/mol. The second kappa shape index (κ2) is 7.04. The zero-order valence-corrected chi connectivity index (χ0v) is 13.4. The van der Waals surface area contributed by atoms with Crippen LogP contribution in [0.4, 0.5) is 16.2 Å². The minimum absolute atomic E-state index is 0.147. The van der Waals surface area contributed by atoms with Crippen LogP contribution in [0.25, 0.3) is 0 Å². The van der Waals surface area contributed by atoms with Crippen molar-refractivity contribution in [1.82, 2.24) is 5.32 Å². The summed E-state index contributed by atoms with van der Waals surface area (Å²) in [7, 11) is 0. The molecule has 1 aliphatic rings. The summed E-state index contributed by atoms with van der Waals surface area (Å²) in [6.45, 7) is 0. The van der Waals surface area contributed by atoms with E-state index in [9.17, 15) is 14.4 Å². The number of hydrogen-bond acceptors (Lipinski definition) is 3. The number of nitrogens with two attached hydrogens (primary N) is 1. The van der Waals surface area contributed by atoms with E-state index >= 15 is 0 Å². The molecule has 7 heteroatoms. The Balaban J connectivity index is 1.70. The molecule has 1 saturated carbocycles. The van der Waals surface area contributed by atoms with Crippen molar-refractivity contribution in [3.8, 4) is 0 Å².